The van der Waals surface area contributed by atoms with E-state index in [4.69, 9.17) is 10.1 Å². The predicted octanol–water partition coefficient (Wildman–Crippen LogP) is 2.64. The zero-order valence-corrected chi connectivity index (χ0v) is 17.5. The van der Waals surface area contributed by atoms with Gasteiger partial charge in [-0.3, -0.25) is 4.79 Å². The standard InChI is InChI=1S/C22H29N5O2/c1-15(2)27-21-19(14-24-27)18(22(29)23-9-10-26(4)11-12-28)13-20(25-21)17-7-5-16(3)6-8-17/h5-8,13-15,28H,9-12H2,1-4H3,(H,23,29). The number of benzene rings is 1. The average Bonchev–Trinajstić information content (AvgIpc) is 3.12. The summed E-state index contributed by atoms with van der Waals surface area (Å²) in [6.45, 7) is 7.97. The molecular formula is C22H29N5O2. The van der Waals surface area contributed by atoms with Gasteiger partial charge in [-0.25, -0.2) is 9.67 Å². The lowest BCUT2D eigenvalue weighted by molar-refractivity contribution is 0.0950. The van der Waals surface area contributed by atoms with Crippen molar-refractivity contribution in [3.05, 3.63) is 47.7 Å². The molecule has 2 N–H and O–H groups in total. The highest BCUT2D eigenvalue weighted by atomic mass is 16.3. The zero-order valence-electron chi connectivity index (χ0n) is 17.5. The van der Waals surface area contributed by atoms with Crippen molar-refractivity contribution >= 4 is 16.9 Å². The van der Waals surface area contributed by atoms with E-state index in [1.54, 1.807) is 6.20 Å². The summed E-state index contributed by atoms with van der Waals surface area (Å²) in [4.78, 5) is 19.8. The molecule has 7 nitrogen and oxygen atoms in total. The second-order valence-electron chi connectivity index (χ2n) is 7.62. The average molecular weight is 396 g/mol. The van der Waals surface area contributed by atoms with Crippen LogP contribution in [-0.4, -0.2) is 64.0 Å². The Balaban J connectivity index is 1.96. The molecule has 3 rings (SSSR count). The third kappa shape index (κ3) is 4.81. The van der Waals surface area contributed by atoms with Crippen LogP contribution in [0.5, 0.6) is 0 Å². The molecule has 0 aliphatic heterocycles. The lowest BCUT2D eigenvalue weighted by Gasteiger charge is -2.15. The van der Waals surface area contributed by atoms with Crippen LogP contribution in [0.2, 0.25) is 0 Å². The van der Waals surface area contributed by atoms with Gasteiger partial charge < -0.3 is 15.3 Å². The van der Waals surface area contributed by atoms with Crippen molar-refractivity contribution in [2.45, 2.75) is 26.8 Å². The smallest absolute Gasteiger partial charge is 0.252 e. The van der Waals surface area contributed by atoms with E-state index in [1.807, 2.05) is 67.7 Å². The number of hydrogen-bond donors (Lipinski definition) is 2. The van der Waals surface area contributed by atoms with Crippen LogP contribution in [0.15, 0.2) is 36.5 Å². The maximum Gasteiger partial charge on any atom is 0.252 e. The van der Waals surface area contributed by atoms with Gasteiger partial charge in [-0.2, -0.15) is 5.10 Å². The van der Waals surface area contributed by atoms with Gasteiger partial charge in [0, 0.05) is 31.2 Å². The van der Waals surface area contributed by atoms with E-state index in [1.165, 1.54) is 5.56 Å². The van der Waals surface area contributed by atoms with Gasteiger partial charge in [0.25, 0.3) is 5.91 Å². The first-order chi connectivity index (χ1) is 13.9. The number of carbonyl (C=O) groups excluding carboxylic acids is 1. The number of aromatic nitrogens is 3. The lowest BCUT2D eigenvalue weighted by Crippen LogP contribution is -2.34. The Morgan fingerprint density at radius 1 is 1.24 bits per heavy atom. The van der Waals surface area contributed by atoms with Crippen molar-refractivity contribution in [1.82, 2.24) is 25.0 Å². The second kappa shape index (κ2) is 9.15. The highest BCUT2D eigenvalue weighted by molar-refractivity contribution is 6.06. The molecule has 3 aromatic rings. The van der Waals surface area contributed by atoms with E-state index in [-0.39, 0.29) is 18.6 Å². The van der Waals surface area contributed by atoms with E-state index < -0.39 is 0 Å². The van der Waals surface area contributed by atoms with Crippen LogP contribution in [0.3, 0.4) is 0 Å². The third-order valence-electron chi connectivity index (χ3n) is 4.91. The first-order valence-electron chi connectivity index (χ1n) is 9.93. The van der Waals surface area contributed by atoms with Crippen LogP contribution in [0, 0.1) is 6.92 Å². The minimum atomic E-state index is -0.147. The number of fused-ring (bicyclic) bond motifs is 1. The highest BCUT2D eigenvalue weighted by Gasteiger charge is 2.18. The molecule has 29 heavy (non-hydrogen) atoms. The van der Waals surface area contributed by atoms with Crippen LogP contribution in [-0.2, 0) is 0 Å². The van der Waals surface area contributed by atoms with Gasteiger partial charge in [0.15, 0.2) is 5.65 Å². The fourth-order valence-corrected chi connectivity index (χ4v) is 3.19. The number of amides is 1. The van der Waals surface area contributed by atoms with Gasteiger partial charge in [-0.05, 0) is 33.9 Å². The molecule has 0 aliphatic carbocycles. The fourth-order valence-electron chi connectivity index (χ4n) is 3.19. The Hall–Kier alpha value is -2.77. The molecule has 0 fully saturated rings. The van der Waals surface area contributed by atoms with Crippen molar-refractivity contribution in [1.29, 1.82) is 0 Å². The zero-order chi connectivity index (χ0) is 21.0. The van der Waals surface area contributed by atoms with Gasteiger partial charge in [-0.1, -0.05) is 29.8 Å². The summed E-state index contributed by atoms with van der Waals surface area (Å²) in [7, 11) is 1.91. The molecule has 2 aromatic heterocycles. The van der Waals surface area contributed by atoms with E-state index in [9.17, 15) is 4.79 Å². The number of pyridine rings is 1. The highest BCUT2D eigenvalue weighted by Crippen LogP contribution is 2.26. The van der Waals surface area contributed by atoms with Crippen molar-refractivity contribution in [3.8, 4) is 11.3 Å². The monoisotopic (exact) mass is 395 g/mol. The summed E-state index contributed by atoms with van der Waals surface area (Å²) in [6.07, 6.45) is 1.72. The Labute approximate surface area is 171 Å². The Morgan fingerprint density at radius 3 is 2.62 bits per heavy atom. The van der Waals surface area contributed by atoms with Crippen LogP contribution in [0.4, 0.5) is 0 Å². The number of nitrogens with zero attached hydrogens (tertiary/aromatic N) is 4. The second-order valence-corrected chi connectivity index (χ2v) is 7.62. The molecule has 0 unspecified atom stereocenters. The number of aliphatic hydroxyl groups excluding tert-OH is 1. The summed E-state index contributed by atoms with van der Waals surface area (Å²) in [5.74, 6) is -0.147. The van der Waals surface area contributed by atoms with Gasteiger partial charge in [0.2, 0.25) is 0 Å². The minimum absolute atomic E-state index is 0.101. The summed E-state index contributed by atoms with van der Waals surface area (Å²) in [5.41, 5.74) is 4.17. The molecule has 1 aromatic carbocycles. The molecule has 0 saturated carbocycles. The molecule has 0 atom stereocenters. The maximum absolute atomic E-state index is 13.0. The van der Waals surface area contributed by atoms with Crippen LogP contribution >= 0.6 is 0 Å². The molecule has 0 bridgehead atoms. The van der Waals surface area contributed by atoms with Gasteiger partial charge >= 0.3 is 0 Å². The number of aliphatic hydroxyl groups is 1. The number of hydrogen-bond acceptors (Lipinski definition) is 5. The molecule has 1 amide bonds. The van der Waals surface area contributed by atoms with E-state index in [2.05, 4.69) is 10.4 Å². The van der Waals surface area contributed by atoms with Crippen molar-refractivity contribution < 1.29 is 9.90 Å². The first-order valence-corrected chi connectivity index (χ1v) is 9.93. The molecular weight excluding hydrogens is 366 g/mol. The Bertz CT molecular complexity index is 979. The van der Waals surface area contributed by atoms with Gasteiger partial charge in [0.05, 0.1) is 29.4 Å². The molecule has 0 radical (unpaired) electrons. The SMILES string of the molecule is Cc1ccc(-c2cc(C(=O)NCCN(C)CCO)c3cnn(C(C)C)c3n2)cc1. The Morgan fingerprint density at radius 2 is 1.97 bits per heavy atom. The van der Waals surface area contributed by atoms with Crippen molar-refractivity contribution in [2.75, 3.05) is 33.3 Å². The largest absolute Gasteiger partial charge is 0.395 e. The first kappa shape index (κ1) is 21.0. The van der Waals surface area contributed by atoms with Crippen LogP contribution in [0.1, 0.15) is 35.8 Å². The predicted molar refractivity (Wildman–Crippen MR) is 115 cm³/mol. The minimum Gasteiger partial charge on any atom is -0.395 e. The fraction of sp³-hybridized carbons (Fsp3) is 0.409. The van der Waals surface area contributed by atoms with Crippen LogP contribution in [0.25, 0.3) is 22.3 Å². The lowest BCUT2D eigenvalue weighted by atomic mass is 10.1. The number of nitrogens with one attached hydrogen (secondary N) is 1. The molecule has 2 heterocycles. The summed E-state index contributed by atoms with van der Waals surface area (Å²) in [6, 6.07) is 10.1. The molecule has 0 spiro atoms. The molecule has 0 saturated heterocycles. The normalized spacial score (nSPS) is 11.6. The summed E-state index contributed by atoms with van der Waals surface area (Å²) >= 11 is 0. The van der Waals surface area contributed by atoms with Crippen molar-refractivity contribution in [2.24, 2.45) is 0 Å². The van der Waals surface area contributed by atoms with E-state index in [0.717, 1.165) is 16.6 Å². The molecule has 154 valence electrons. The van der Waals surface area contributed by atoms with Gasteiger partial charge in [0.1, 0.15) is 0 Å². The van der Waals surface area contributed by atoms with Crippen molar-refractivity contribution in [3.63, 3.8) is 0 Å². The Kier molecular flexibility index (Phi) is 6.61. The number of rotatable bonds is 8. The summed E-state index contributed by atoms with van der Waals surface area (Å²) < 4.78 is 1.85. The van der Waals surface area contributed by atoms with Crippen LogP contribution < -0.4 is 5.32 Å². The number of carbonyl (C=O) groups is 1. The third-order valence-corrected chi connectivity index (χ3v) is 4.91. The molecule has 7 heteroatoms. The summed E-state index contributed by atoms with van der Waals surface area (Å²) in [5, 5.41) is 17.2. The number of aryl methyl sites for hydroxylation is 1. The quantitative estimate of drug-likeness (QED) is 0.613. The number of likely N-dealkylation sites (N-methyl/N-ethyl adjacent to an activating group) is 1. The van der Waals surface area contributed by atoms with Gasteiger partial charge in [-0.15, -0.1) is 0 Å². The van der Waals surface area contributed by atoms with E-state index in [0.29, 0.717) is 30.8 Å². The topological polar surface area (TPSA) is 83.3 Å². The van der Waals surface area contributed by atoms with E-state index >= 15 is 0 Å². The maximum atomic E-state index is 13.0. The molecule has 0 aliphatic rings.